The lowest BCUT2D eigenvalue weighted by Gasteiger charge is -2.47. The maximum absolute atomic E-state index is 12.4. The molecule has 0 N–H and O–H groups in total. The second-order valence-electron chi connectivity index (χ2n) is 7.60. The Balaban J connectivity index is 1.62. The molecule has 0 bridgehead atoms. The van der Waals surface area contributed by atoms with E-state index in [-0.39, 0.29) is 17.4 Å². The van der Waals surface area contributed by atoms with E-state index in [1.807, 2.05) is 28.1 Å². The van der Waals surface area contributed by atoms with Crippen molar-refractivity contribution in [3.63, 3.8) is 0 Å². The van der Waals surface area contributed by atoms with Crippen LogP contribution in [0.15, 0.2) is 24.5 Å². The van der Waals surface area contributed by atoms with E-state index in [9.17, 15) is 9.59 Å². The molecule has 2 aliphatic heterocycles. The molecule has 2 aliphatic rings. The van der Waals surface area contributed by atoms with Crippen LogP contribution in [-0.2, 0) is 16.1 Å². The van der Waals surface area contributed by atoms with E-state index in [2.05, 4.69) is 11.9 Å². The smallest absolute Gasteiger partial charge is 0.409 e. The maximum atomic E-state index is 12.4. The van der Waals surface area contributed by atoms with Gasteiger partial charge in [-0.15, -0.1) is 0 Å². The molecule has 0 aromatic carbocycles. The van der Waals surface area contributed by atoms with E-state index in [0.29, 0.717) is 32.7 Å². The summed E-state index contributed by atoms with van der Waals surface area (Å²) in [6.07, 6.45) is 8.71. The number of likely N-dealkylation sites (tertiary alicyclic amines) is 2. The summed E-state index contributed by atoms with van der Waals surface area (Å²) in [4.78, 5) is 32.7. The summed E-state index contributed by atoms with van der Waals surface area (Å²) >= 11 is 0. The molecule has 142 valence electrons. The Labute approximate surface area is 155 Å². The van der Waals surface area contributed by atoms with Crippen LogP contribution in [0.2, 0.25) is 0 Å². The minimum Gasteiger partial charge on any atom is -0.449 e. The summed E-state index contributed by atoms with van der Waals surface area (Å²) in [6, 6.07) is 3.90. The van der Waals surface area contributed by atoms with Crippen LogP contribution >= 0.6 is 0 Å². The zero-order chi connectivity index (χ0) is 18.4. The van der Waals surface area contributed by atoms with Crippen molar-refractivity contribution in [3.05, 3.63) is 30.1 Å². The van der Waals surface area contributed by atoms with Gasteiger partial charge in [-0.3, -0.25) is 9.78 Å². The van der Waals surface area contributed by atoms with Crippen LogP contribution in [0.25, 0.3) is 0 Å². The first-order valence-electron chi connectivity index (χ1n) is 9.70. The van der Waals surface area contributed by atoms with Crippen LogP contribution in [-0.4, -0.2) is 53.0 Å². The van der Waals surface area contributed by atoms with Crippen molar-refractivity contribution in [3.8, 4) is 0 Å². The summed E-state index contributed by atoms with van der Waals surface area (Å²) in [5, 5.41) is 0. The molecule has 1 spiro atoms. The molecule has 1 aromatic rings. The first-order chi connectivity index (χ1) is 12.6. The molecule has 3 rings (SSSR count). The number of hydrogen-bond donors (Lipinski definition) is 0. The molecule has 6 heteroatoms. The van der Waals surface area contributed by atoms with Crippen molar-refractivity contribution < 1.29 is 14.3 Å². The van der Waals surface area contributed by atoms with Crippen LogP contribution in [0.5, 0.6) is 0 Å². The Morgan fingerprint density at radius 2 is 2.23 bits per heavy atom. The van der Waals surface area contributed by atoms with Gasteiger partial charge in [0.15, 0.2) is 0 Å². The van der Waals surface area contributed by atoms with Gasteiger partial charge < -0.3 is 14.5 Å². The third-order valence-electron chi connectivity index (χ3n) is 5.49. The lowest BCUT2D eigenvalue weighted by molar-refractivity contribution is -0.139. The standard InChI is InChI=1S/C20H29N3O3/c1-2-3-12-26-19(25)22-11-5-8-20(15-22)9-7-18(24)23(16-20)14-17-6-4-10-21-13-17/h4,6,10,13H,2-3,5,7-9,11-12,14-16H2,1H3/t20-/m0/s1. The van der Waals surface area contributed by atoms with Crippen molar-refractivity contribution >= 4 is 12.0 Å². The van der Waals surface area contributed by atoms with E-state index in [0.717, 1.165) is 44.2 Å². The number of aromatic nitrogens is 1. The van der Waals surface area contributed by atoms with E-state index >= 15 is 0 Å². The molecule has 0 saturated carbocycles. The summed E-state index contributed by atoms with van der Waals surface area (Å²) in [5.74, 6) is 0.196. The fraction of sp³-hybridized carbons (Fsp3) is 0.650. The molecule has 3 heterocycles. The third kappa shape index (κ3) is 4.54. The molecule has 2 amide bonds. The first-order valence-corrected chi connectivity index (χ1v) is 9.70. The molecular formula is C20H29N3O3. The van der Waals surface area contributed by atoms with Crippen molar-refractivity contribution in [2.24, 2.45) is 5.41 Å². The molecule has 2 fully saturated rings. The predicted molar refractivity (Wildman–Crippen MR) is 98.4 cm³/mol. The topological polar surface area (TPSA) is 62.7 Å². The highest BCUT2D eigenvalue weighted by molar-refractivity contribution is 5.77. The normalized spacial score (nSPS) is 23.3. The Morgan fingerprint density at radius 3 is 3.00 bits per heavy atom. The summed E-state index contributed by atoms with van der Waals surface area (Å²) < 4.78 is 5.40. The van der Waals surface area contributed by atoms with Crippen molar-refractivity contribution in [2.45, 2.75) is 52.0 Å². The maximum Gasteiger partial charge on any atom is 0.409 e. The second-order valence-corrected chi connectivity index (χ2v) is 7.60. The largest absolute Gasteiger partial charge is 0.449 e. The SMILES string of the molecule is CCCCOC(=O)N1CCC[C@]2(CCC(=O)N(Cc3cccnc3)C2)C1. The molecule has 2 saturated heterocycles. The van der Waals surface area contributed by atoms with Gasteiger partial charge in [-0.25, -0.2) is 4.79 Å². The Bertz CT molecular complexity index is 622. The Morgan fingerprint density at radius 1 is 1.35 bits per heavy atom. The molecule has 6 nitrogen and oxygen atoms in total. The summed E-state index contributed by atoms with van der Waals surface area (Å²) in [5.41, 5.74) is 1.04. The van der Waals surface area contributed by atoms with Gasteiger partial charge in [0.1, 0.15) is 0 Å². The number of carbonyl (C=O) groups is 2. The van der Waals surface area contributed by atoms with Crippen LogP contribution in [0.1, 0.15) is 51.0 Å². The van der Waals surface area contributed by atoms with Gasteiger partial charge in [-0.1, -0.05) is 19.4 Å². The molecule has 0 unspecified atom stereocenters. The van der Waals surface area contributed by atoms with Gasteiger partial charge in [0, 0.05) is 50.4 Å². The highest BCUT2D eigenvalue weighted by atomic mass is 16.6. The first kappa shape index (κ1) is 18.7. The van der Waals surface area contributed by atoms with Crippen LogP contribution in [0.4, 0.5) is 4.79 Å². The van der Waals surface area contributed by atoms with Crippen molar-refractivity contribution in [1.82, 2.24) is 14.8 Å². The van der Waals surface area contributed by atoms with Gasteiger partial charge in [0.2, 0.25) is 5.91 Å². The number of nitrogens with zero attached hydrogens (tertiary/aromatic N) is 3. The fourth-order valence-corrected chi connectivity index (χ4v) is 4.05. The number of unbranched alkanes of at least 4 members (excludes halogenated alkanes) is 1. The molecule has 1 atom stereocenters. The molecule has 0 radical (unpaired) electrons. The van der Waals surface area contributed by atoms with E-state index in [4.69, 9.17) is 4.74 Å². The second kappa shape index (κ2) is 8.52. The number of rotatable bonds is 5. The fourth-order valence-electron chi connectivity index (χ4n) is 4.05. The van der Waals surface area contributed by atoms with Gasteiger partial charge in [0.25, 0.3) is 0 Å². The predicted octanol–water partition coefficient (Wildman–Crippen LogP) is 3.22. The van der Waals surface area contributed by atoms with Crippen LogP contribution in [0.3, 0.4) is 0 Å². The molecule has 1 aromatic heterocycles. The van der Waals surface area contributed by atoms with Gasteiger partial charge in [-0.05, 0) is 37.3 Å². The number of ether oxygens (including phenoxy) is 1. The van der Waals surface area contributed by atoms with Crippen molar-refractivity contribution in [2.75, 3.05) is 26.2 Å². The number of amides is 2. The van der Waals surface area contributed by atoms with E-state index < -0.39 is 0 Å². The number of piperidine rings is 2. The minimum absolute atomic E-state index is 0.00184. The highest BCUT2D eigenvalue weighted by Gasteiger charge is 2.43. The summed E-state index contributed by atoms with van der Waals surface area (Å²) in [6.45, 7) is 5.32. The highest BCUT2D eigenvalue weighted by Crippen LogP contribution is 2.39. The van der Waals surface area contributed by atoms with E-state index in [1.54, 1.807) is 6.20 Å². The van der Waals surface area contributed by atoms with Crippen molar-refractivity contribution in [1.29, 1.82) is 0 Å². The molecule has 26 heavy (non-hydrogen) atoms. The lowest BCUT2D eigenvalue weighted by atomic mass is 9.73. The Kier molecular flexibility index (Phi) is 6.12. The monoisotopic (exact) mass is 359 g/mol. The number of pyridine rings is 1. The number of carbonyl (C=O) groups excluding carboxylic acids is 2. The zero-order valence-corrected chi connectivity index (χ0v) is 15.7. The minimum atomic E-state index is -0.201. The molecular weight excluding hydrogens is 330 g/mol. The summed E-state index contributed by atoms with van der Waals surface area (Å²) in [7, 11) is 0. The van der Waals surface area contributed by atoms with Gasteiger partial charge in [-0.2, -0.15) is 0 Å². The van der Waals surface area contributed by atoms with Gasteiger partial charge >= 0.3 is 6.09 Å². The van der Waals surface area contributed by atoms with E-state index in [1.165, 1.54) is 0 Å². The quantitative estimate of drug-likeness (QED) is 0.757. The average Bonchev–Trinajstić information content (AvgIpc) is 2.66. The molecule has 0 aliphatic carbocycles. The van der Waals surface area contributed by atoms with Crippen LogP contribution < -0.4 is 0 Å². The van der Waals surface area contributed by atoms with Gasteiger partial charge in [0.05, 0.1) is 6.61 Å². The zero-order valence-electron chi connectivity index (χ0n) is 15.7. The Hall–Kier alpha value is -2.11. The number of hydrogen-bond acceptors (Lipinski definition) is 4. The third-order valence-corrected chi connectivity index (χ3v) is 5.49. The van der Waals surface area contributed by atoms with Crippen LogP contribution in [0, 0.1) is 5.41 Å². The average molecular weight is 359 g/mol. The lowest BCUT2D eigenvalue weighted by Crippen LogP contribution is -2.54.